The molecule has 0 aliphatic carbocycles. The van der Waals surface area contributed by atoms with Gasteiger partial charge in [-0.2, -0.15) is 0 Å². The molecule has 4 aromatic carbocycles. The fraction of sp³-hybridized carbons (Fsp3) is 0.0690. The van der Waals surface area contributed by atoms with Crippen molar-refractivity contribution in [3.63, 3.8) is 0 Å². The van der Waals surface area contributed by atoms with Crippen LogP contribution in [0.4, 0.5) is 11.4 Å². The van der Waals surface area contributed by atoms with Gasteiger partial charge in [-0.15, -0.1) is 0 Å². The molecule has 9 nitrogen and oxygen atoms in total. The van der Waals surface area contributed by atoms with E-state index in [0.717, 1.165) is 5.56 Å². The van der Waals surface area contributed by atoms with Crippen molar-refractivity contribution in [1.82, 2.24) is 0 Å². The van der Waals surface area contributed by atoms with Crippen LogP contribution < -0.4 is 10.1 Å². The fourth-order valence-electron chi connectivity index (χ4n) is 3.38. The maximum absolute atomic E-state index is 12.5. The summed E-state index contributed by atoms with van der Waals surface area (Å²) in [5.74, 6) is -0.503. The normalized spacial score (nSPS) is 10.3. The Morgan fingerprint density at radius 1 is 0.737 bits per heavy atom. The van der Waals surface area contributed by atoms with E-state index in [1.165, 1.54) is 48.5 Å². The number of amides is 1. The topological polar surface area (TPSA) is 125 Å². The number of carbonyl (C=O) groups excluding carboxylic acids is 3. The Morgan fingerprint density at radius 2 is 1.26 bits per heavy atom. The molecule has 4 rings (SSSR count). The first-order valence-electron chi connectivity index (χ1n) is 11.5. The van der Waals surface area contributed by atoms with E-state index in [-0.39, 0.29) is 17.2 Å². The maximum atomic E-state index is 12.5. The van der Waals surface area contributed by atoms with Gasteiger partial charge in [-0.25, -0.2) is 4.79 Å². The number of hydrogen-bond acceptors (Lipinski definition) is 7. The van der Waals surface area contributed by atoms with Crippen molar-refractivity contribution in [2.24, 2.45) is 0 Å². The second-order valence-corrected chi connectivity index (χ2v) is 8.27. The number of ether oxygens (including phenoxy) is 2. The van der Waals surface area contributed by atoms with E-state index < -0.39 is 23.3 Å². The Balaban J connectivity index is 1.27. The molecule has 0 atom stereocenters. The summed E-state index contributed by atoms with van der Waals surface area (Å²) in [6.45, 7) is 1.48. The molecule has 0 unspecified atom stereocenters. The molecule has 0 spiro atoms. The number of carbonyl (C=O) groups is 3. The second-order valence-electron chi connectivity index (χ2n) is 8.27. The summed E-state index contributed by atoms with van der Waals surface area (Å²) in [4.78, 5) is 47.4. The van der Waals surface area contributed by atoms with E-state index in [2.05, 4.69) is 5.32 Å². The third-order valence-corrected chi connectivity index (χ3v) is 5.49. The number of hydrogen-bond donors (Lipinski definition) is 1. The highest BCUT2D eigenvalue weighted by molar-refractivity contribution is 6.04. The Labute approximate surface area is 217 Å². The van der Waals surface area contributed by atoms with Gasteiger partial charge in [0.2, 0.25) is 0 Å². The number of esters is 1. The number of nitro groups is 1. The Hall–Kier alpha value is -5.31. The van der Waals surface area contributed by atoms with Gasteiger partial charge >= 0.3 is 5.97 Å². The Bertz CT molecular complexity index is 1460. The van der Waals surface area contributed by atoms with Gasteiger partial charge in [-0.3, -0.25) is 19.7 Å². The highest BCUT2D eigenvalue weighted by Crippen LogP contribution is 2.24. The number of non-ortho nitro benzene ring substituents is 1. The molecule has 190 valence electrons. The first-order chi connectivity index (χ1) is 18.3. The summed E-state index contributed by atoms with van der Waals surface area (Å²) in [6, 6.07) is 25.1. The molecular formula is C29H22N2O7. The number of aryl methyl sites for hydroxylation is 1. The zero-order chi connectivity index (χ0) is 27.1. The van der Waals surface area contributed by atoms with Crippen molar-refractivity contribution < 1.29 is 28.8 Å². The molecule has 0 heterocycles. The summed E-state index contributed by atoms with van der Waals surface area (Å²) in [5, 5.41) is 13.5. The van der Waals surface area contributed by atoms with Gasteiger partial charge in [-0.05, 0) is 79.7 Å². The number of nitrogens with zero attached hydrogens (tertiary/aromatic N) is 1. The summed E-state index contributed by atoms with van der Waals surface area (Å²) < 4.78 is 10.8. The maximum Gasteiger partial charge on any atom is 0.338 e. The number of ketones is 1. The first kappa shape index (κ1) is 25.8. The zero-order valence-electron chi connectivity index (χ0n) is 20.2. The lowest BCUT2D eigenvalue weighted by molar-refractivity contribution is -0.384. The highest BCUT2D eigenvalue weighted by Gasteiger charge is 2.13. The third-order valence-electron chi connectivity index (χ3n) is 5.49. The van der Waals surface area contributed by atoms with Crippen molar-refractivity contribution in [3.05, 3.63) is 129 Å². The summed E-state index contributed by atoms with van der Waals surface area (Å²) in [6.07, 6.45) is 0. The fourth-order valence-corrected chi connectivity index (χ4v) is 3.38. The molecule has 1 N–H and O–H groups in total. The molecule has 0 aliphatic heterocycles. The molecule has 0 radical (unpaired) electrons. The molecule has 38 heavy (non-hydrogen) atoms. The van der Waals surface area contributed by atoms with E-state index >= 15 is 0 Å². The van der Waals surface area contributed by atoms with Crippen LogP contribution in [0.2, 0.25) is 0 Å². The third kappa shape index (κ3) is 6.67. The smallest absolute Gasteiger partial charge is 0.338 e. The second kappa shape index (κ2) is 11.6. The average Bonchev–Trinajstić information content (AvgIpc) is 2.93. The molecule has 9 heteroatoms. The molecular weight excluding hydrogens is 488 g/mol. The van der Waals surface area contributed by atoms with Gasteiger partial charge in [0, 0.05) is 28.9 Å². The molecule has 0 aromatic heterocycles. The van der Waals surface area contributed by atoms with Crippen LogP contribution in [0.5, 0.6) is 11.5 Å². The molecule has 0 saturated heterocycles. The van der Waals surface area contributed by atoms with Crippen LogP contribution in [0.1, 0.15) is 36.6 Å². The SMILES string of the molecule is Cc1ccc(C(=O)Nc2ccc(C(=O)OCC(=O)c3ccc(Oc4ccc([N+](=O)[O-])cc4)cc3)cc2)cc1. The standard InChI is InChI=1S/C29H22N2O7/c1-19-2-4-21(5-3-19)28(33)30-23-10-6-22(7-11-23)29(34)37-18-27(32)20-8-14-25(15-9-20)38-26-16-12-24(13-17-26)31(35)36/h2-17H,18H2,1H3,(H,30,33). The lowest BCUT2D eigenvalue weighted by Crippen LogP contribution is -2.15. The van der Waals surface area contributed by atoms with Crippen molar-refractivity contribution in [2.75, 3.05) is 11.9 Å². The van der Waals surface area contributed by atoms with E-state index in [1.54, 1.807) is 36.4 Å². The molecule has 4 aromatic rings. The number of nitrogens with one attached hydrogen (secondary N) is 1. The number of rotatable bonds is 9. The van der Waals surface area contributed by atoms with Crippen LogP contribution >= 0.6 is 0 Å². The van der Waals surface area contributed by atoms with Crippen LogP contribution in [0.15, 0.2) is 97.1 Å². The van der Waals surface area contributed by atoms with Gasteiger partial charge in [0.25, 0.3) is 11.6 Å². The Morgan fingerprint density at radius 3 is 1.84 bits per heavy atom. The highest BCUT2D eigenvalue weighted by atomic mass is 16.6. The van der Waals surface area contributed by atoms with E-state index in [9.17, 15) is 24.5 Å². The molecule has 0 bridgehead atoms. The van der Waals surface area contributed by atoms with Crippen molar-refractivity contribution in [3.8, 4) is 11.5 Å². The molecule has 0 fully saturated rings. The monoisotopic (exact) mass is 510 g/mol. The summed E-state index contributed by atoms with van der Waals surface area (Å²) >= 11 is 0. The van der Waals surface area contributed by atoms with Crippen LogP contribution in [0.3, 0.4) is 0 Å². The minimum absolute atomic E-state index is 0.0475. The van der Waals surface area contributed by atoms with E-state index in [1.807, 2.05) is 19.1 Å². The largest absolute Gasteiger partial charge is 0.457 e. The van der Waals surface area contributed by atoms with Gasteiger partial charge in [0.05, 0.1) is 10.5 Å². The first-order valence-corrected chi connectivity index (χ1v) is 11.5. The number of Topliss-reactive ketones (excluding diaryl/α,β-unsaturated/α-hetero) is 1. The van der Waals surface area contributed by atoms with Crippen molar-refractivity contribution >= 4 is 29.0 Å². The lowest BCUT2D eigenvalue weighted by atomic mass is 10.1. The predicted octanol–water partition coefficient (Wildman–Crippen LogP) is 5.99. The Kier molecular flexibility index (Phi) is 7.88. The minimum Gasteiger partial charge on any atom is -0.457 e. The molecule has 0 aliphatic rings. The number of nitro benzene ring substituents is 1. The van der Waals surface area contributed by atoms with Crippen LogP contribution in [0.25, 0.3) is 0 Å². The minimum atomic E-state index is -0.673. The summed E-state index contributed by atoms with van der Waals surface area (Å²) in [5.41, 5.74) is 2.59. The molecule has 1 amide bonds. The van der Waals surface area contributed by atoms with Gasteiger partial charge in [-0.1, -0.05) is 17.7 Å². The van der Waals surface area contributed by atoms with Gasteiger partial charge in [0.1, 0.15) is 11.5 Å². The van der Waals surface area contributed by atoms with Gasteiger partial charge < -0.3 is 14.8 Å². The van der Waals surface area contributed by atoms with E-state index in [4.69, 9.17) is 9.47 Å². The van der Waals surface area contributed by atoms with Crippen molar-refractivity contribution in [1.29, 1.82) is 0 Å². The average molecular weight is 511 g/mol. The van der Waals surface area contributed by atoms with Crippen LogP contribution in [0, 0.1) is 17.0 Å². The lowest BCUT2D eigenvalue weighted by Gasteiger charge is -2.08. The predicted molar refractivity (Wildman–Crippen MR) is 140 cm³/mol. The zero-order valence-corrected chi connectivity index (χ0v) is 20.2. The molecule has 0 saturated carbocycles. The van der Waals surface area contributed by atoms with Crippen LogP contribution in [-0.2, 0) is 4.74 Å². The van der Waals surface area contributed by atoms with Gasteiger partial charge in [0.15, 0.2) is 12.4 Å². The van der Waals surface area contributed by atoms with Crippen molar-refractivity contribution in [2.45, 2.75) is 6.92 Å². The van der Waals surface area contributed by atoms with E-state index in [0.29, 0.717) is 28.3 Å². The number of benzene rings is 4. The quantitative estimate of drug-likeness (QED) is 0.127. The summed E-state index contributed by atoms with van der Waals surface area (Å²) in [7, 11) is 0. The number of anilines is 1. The van der Waals surface area contributed by atoms with Crippen LogP contribution in [-0.4, -0.2) is 29.2 Å².